The lowest BCUT2D eigenvalue weighted by Gasteiger charge is -2.22. The molecule has 0 unspecified atom stereocenters. The van der Waals surface area contributed by atoms with Crippen LogP contribution < -0.4 is 10.2 Å². The van der Waals surface area contributed by atoms with Gasteiger partial charge in [-0.2, -0.15) is 0 Å². The summed E-state index contributed by atoms with van der Waals surface area (Å²) >= 11 is 2.26. The number of hydrogen-bond acceptors (Lipinski definition) is 3. The minimum atomic E-state index is 0.171. The fraction of sp³-hybridized carbons (Fsp3) is 0.278. The molecule has 1 N–H and O–H groups in total. The van der Waals surface area contributed by atoms with Crippen LogP contribution in [0.1, 0.15) is 22.3 Å². The molecule has 0 aromatic heterocycles. The van der Waals surface area contributed by atoms with Gasteiger partial charge < -0.3 is 10.2 Å². The Kier molecular flexibility index (Phi) is 3.66. The number of anilines is 1. The smallest absolute Gasteiger partial charge is 0.195 e. The topological polar surface area (TPSA) is 32.3 Å². The van der Waals surface area contributed by atoms with Crippen LogP contribution in [0.2, 0.25) is 0 Å². The van der Waals surface area contributed by atoms with E-state index in [1.807, 2.05) is 12.1 Å². The van der Waals surface area contributed by atoms with Crippen molar-refractivity contribution in [3.05, 3.63) is 51.1 Å². The molecular formula is C18H17IN2O. The normalized spacial score (nSPS) is 17.1. The largest absolute Gasteiger partial charge is 0.370 e. The van der Waals surface area contributed by atoms with Crippen molar-refractivity contribution < 1.29 is 4.79 Å². The standard InChI is InChI=1S/C18H17IN2O/c19-16-4-1-3-14-13-6-5-12(11-15(13)18(22)17(14)16)21-9-2-7-20-8-10-21/h1,3-6,11,20H,2,7-10H2. The maximum Gasteiger partial charge on any atom is 0.195 e. The third kappa shape index (κ3) is 2.25. The van der Waals surface area contributed by atoms with E-state index in [0.29, 0.717) is 0 Å². The number of halogens is 1. The van der Waals surface area contributed by atoms with Gasteiger partial charge in [-0.15, -0.1) is 0 Å². The minimum Gasteiger partial charge on any atom is -0.370 e. The Morgan fingerprint density at radius 2 is 1.91 bits per heavy atom. The highest BCUT2D eigenvalue weighted by atomic mass is 127. The summed E-state index contributed by atoms with van der Waals surface area (Å²) in [7, 11) is 0. The molecule has 2 aromatic rings. The molecule has 0 saturated carbocycles. The molecule has 0 spiro atoms. The van der Waals surface area contributed by atoms with E-state index in [0.717, 1.165) is 58.4 Å². The SMILES string of the molecule is O=C1c2cc(N3CCCNCC3)ccc2-c2cccc(I)c21. The van der Waals surface area contributed by atoms with E-state index in [1.165, 1.54) is 5.69 Å². The molecule has 2 aliphatic rings. The molecule has 1 saturated heterocycles. The molecular weight excluding hydrogens is 387 g/mol. The lowest BCUT2D eigenvalue weighted by Crippen LogP contribution is -2.27. The van der Waals surface area contributed by atoms with Crippen LogP contribution in [0.4, 0.5) is 5.69 Å². The fourth-order valence-corrected chi connectivity index (χ4v) is 4.11. The lowest BCUT2D eigenvalue weighted by molar-refractivity contribution is 0.104. The average molecular weight is 404 g/mol. The maximum absolute atomic E-state index is 12.8. The van der Waals surface area contributed by atoms with Crippen molar-refractivity contribution in [3.8, 4) is 11.1 Å². The van der Waals surface area contributed by atoms with Gasteiger partial charge in [0.1, 0.15) is 0 Å². The third-order valence-electron chi connectivity index (χ3n) is 4.48. The van der Waals surface area contributed by atoms with Gasteiger partial charge in [-0.1, -0.05) is 18.2 Å². The first-order valence-corrected chi connectivity index (χ1v) is 8.77. The Bertz CT molecular complexity index is 749. The fourth-order valence-electron chi connectivity index (χ4n) is 3.37. The molecule has 4 rings (SSSR count). The zero-order valence-corrected chi connectivity index (χ0v) is 14.4. The van der Waals surface area contributed by atoms with Gasteiger partial charge in [0.25, 0.3) is 0 Å². The van der Waals surface area contributed by atoms with Crippen LogP contribution in [-0.2, 0) is 0 Å². The molecule has 0 atom stereocenters. The highest BCUT2D eigenvalue weighted by molar-refractivity contribution is 14.1. The molecule has 1 aliphatic heterocycles. The highest BCUT2D eigenvalue weighted by Gasteiger charge is 2.29. The number of fused-ring (bicyclic) bond motifs is 3. The first-order chi connectivity index (χ1) is 10.8. The molecule has 4 heteroatoms. The lowest BCUT2D eigenvalue weighted by atomic mass is 10.1. The van der Waals surface area contributed by atoms with E-state index in [-0.39, 0.29) is 5.78 Å². The number of nitrogens with zero attached hydrogens (tertiary/aromatic N) is 1. The summed E-state index contributed by atoms with van der Waals surface area (Å²) in [5.74, 6) is 0.171. The zero-order chi connectivity index (χ0) is 15.1. The van der Waals surface area contributed by atoms with Crippen LogP contribution in [0.25, 0.3) is 11.1 Å². The van der Waals surface area contributed by atoms with Gasteiger partial charge in [-0.3, -0.25) is 4.79 Å². The third-order valence-corrected chi connectivity index (χ3v) is 5.38. The van der Waals surface area contributed by atoms with E-state index in [1.54, 1.807) is 0 Å². The molecule has 0 bridgehead atoms. The van der Waals surface area contributed by atoms with Gasteiger partial charge in [-0.25, -0.2) is 0 Å². The van der Waals surface area contributed by atoms with Gasteiger partial charge in [0, 0.05) is 40.0 Å². The summed E-state index contributed by atoms with van der Waals surface area (Å²) in [5, 5.41) is 3.42. The van der Waals surface area contributed by atoms with Crippen LogP contribution in [-0.4, -0.2) is 32.0 Å². The molecule has 1 heterocycles. The summed E-state index contributed by atoms with van der Waals surface area (Å²) < 4.78 is 1.04. The van der Waals surface area contributed by atoms with Crippen molar-refractivity contribution in [1.29, 1.82) is 0 Å². The number of ketones is 1. The van der Waals surface area contributed by atoms with E-state index in [9.17, 15) is 4.79 Å². The molecule has 3 nitrogen and oxygen atoms in total. The van der Waals surface area contributed by atoms with Gasteiger partial charge in [0.15, 0.2) is 5.78 Å². The summed E-state index contributed by atoms with van der Waals surface area (Å²) in [5.41, 5.74) is 5.05. The molecule has 0 amide bonds. The molecule has 112 valence electrons. The first kappa shape index (κ1) is 14.2. The van der Waals surface area contributed by atoms with Gasteiger partial charge in [0.2, 0.25) is 0 Å². The van der Waals surface area contributed by atoms with Crippen molar-refractivity contribution in [2.24, 2.45) is 0 Å². The van der Waals surface area contributed by atoms with Crippen LogP contribution in [0.15, 0.2) is 36.4 Å². The second-order valence-electron chi connectivity index (χ2n) is 5.81. The van der Waals surface area contributed by atoms with E-state index in [4.69, 9.17) is 0 Å². The van der Waals surface area contributed by atoms with Crippen molar-refractivity contribution in [3.63, 3.8) is 0 Å². The number of rotatable bonds is 1. The number of carbonyl (C=O) groups is 1. The van der Waals surface area contributed by atoms with Gasteiger partial charge in [-0.05, 0) is 64.9 Å². The number of benzene rings is 2. The number of nitrogens with one attached hydrogen (secondary N) is 1. The molecule has 0 radical (unpaired) electrons. The molecule has 1 fully saturated rings. The average Bonchev–Trinajstić information content (AvgIpc) is 2.72. The Hall–Kier alpha value is -1.40. The van der Waals surface area contributed by atoms with Crippen molar-refractivity contribution in [1.82, 2.24) is 5.32 Å². The summed E-state index contributed by atoms with van der Waals surface area (Å²) in [6.45, 7) is 4.12. The summed E-state index contributed by atoms with van der Waals surface area (Å²) in [6, 6.07) is 12.4. The number of carbonyl (C=O) groups excluding carboxylic acids is 1. The Balaban J connectivity index is 1.76. The van der Waals surface area contributed by atoms with Crippen molar-refractivity contribution in [2.45, 2.75) is 6.42 Å². The quantitative estimate of drug-likeness (QED) is 0.632. The second kappa shape index (κ2) is 5.66. The zero-order valence-electron chi connectivity index (χ0n) is 12.2. The molecule has 2 aromatic carbocycles. The van der Waals surface area contributed by atoms with Crippen molar-refractivity contribution >= 4 is 34.1 Å². The summed E-state index contributed by atoms with van der Waals surface area (Å²) in [4.78, 5) is 15.2. The second-order valence-corrected chi connectivity index (χ2v) is 6.97. The van der Waals surface area contributed by atoms with Crippen LogP contribution in [0, 0.1) is 3.57 Å². The van der Waals surface area contributed by atoms with Crippen LogP contribution in [0.5, 0.6) is 0 Å². The van der Waals surface area contributed by atoms with Crippen LogP contribution >= 0.6 is 22.6 Å². The van der Waals surface area contributed by atoms with Gasteiger partial charge >= 0.3 is 0 Å². The van der Waals surface area contributed by atoms with Crippen LogP contribution in [0.3, 0.4) is 0 Å². The van der Waals surface area contributed by atoms with E-state index < -0.39 is 0 Å². The van der Waals surface area contributed by atoms with Gasteiger partial charge in [0.05, 0.1) is 0 Å². The molecule has 22 heavy (non-hydrogen) atoms. The Morgan fingerprint density at radius 3 is 2.82 bits per heavy atom. The predicted octanol–water partition coefficient (Wildman–Crippen LogP) is 3.30. The van der Waals surface area contributed by atoms with E-state index in [2.05, 4.69) is 57.1 Å². The predicted molar refractivity (Wildman–Crippen MR) is 97.7 cm³/mol. The van der Waals surface area contributed by atoms with E-state index >= 15 is 0 Å². The first-order valence-electron chi connectivity index (χ1n) is 7.69. The monoisotopic (exact) mass is 404 g/mol. The Labute approximate surface area is 143 Å². The maximum atomic E-state index is 12.8. The minimum absolute atomic E-state index is 0.171. The number of hydrogen-bond donors (Lipinski definition) is 1. The molecule has 1 aliphatic carbocycles. The highest BCUT2D eigenvalue weighted by Crippen LogP contribution is 2.40. The Morgan fingerprint density at radius 1 is 1.00 bits per heavy atom. The summed E-state index contributed by atoms with van der Waals surface area (Å²) in [6.07, 6.45) is 1.14. The van der Waals surface area contributed by atoms with Crippen molar-refractivity contribution in [2.75, 3.05) is 31.1 Å².